The van der Waals surface area contributed by atoms with Crippen LogP contribution in [-0.2, 0) is 0 Å². The van der Waals surface area contributed by atoms with E-state index in [0.717, 1.165) is 12.1 Å². The van der Waals surface area contributed by atoms with Crippen molar-refractivity contribution < 1.29 is 0 Å². The lowest BCUT2D eigenvalue weighted by Crippen LogP contribution is -2.02. The minimum absolute atomic E-state index is 1.09. The first-order chi connectivity index (χ1) is 8.81. The van der Waals surface area contributed by atoms with Crippen molar-refractivity contribution in [2.45, 2.75) is 52.4 Å². The molecule has 0 radical (unpaired) electrons. The van der Waals surface area contributed by atoms with Crippen LogP contribution in [0, 0.1) is 0 Å². The van der Waals surface area contributed by atoms with Crippen LogP contribution < -0.4 is 0 Å². The Kier molecular flexibility index (Phi) is 4.74. The normalized spacial score (nSPS) is 16.4. The minimum atomic E-state index is 1.09. The van der Waals surface area contributed by atoms with Crippen LogP contribution in [-0.4, -0.2) is 5.71 Å². The maximum absolute atomic E-state index is 4.89. The molecule has 0 aromatic heterocycles. The summed E-state index contributed by atoms with van der Waals surface area (Å²) in [5, 5.41) is 0. The van der Waals surface area contributed by atoms with Gasteiger partial charge in [-0.25, -0.2) is 0 Å². The van der Waals surface area contributed by atoms with Gasteiger partial charge in [-0.05, 0) is 56.7 Å². The number of aliphatic imine (C=N–C) groups is 1. The van der Waals surface area contributed by atoms with Crippen molar-refractivity contribution in [1.29, 1.82) is 0 Å². The van der Waals surface area contributed by atoms with Gasteiger partial charge in [0.15, 0.2) is 0 Å². The molecule has 0 fully saturated rings. The lowest BCUT2D eigenvalue weighted by molar-refractivity contribution is 0.830. The van der Waals surface area contributed by atoms with E-state index in [1.165, 1.54) is 43.4 Å². The van der Waals surface area contributed by atoms with E-state index in [2.05, 4.69) is 38.1 Å². The van der Waals surface area contributed by atoms with Gasteiger partial charge < -0.3 is 0 Å². The third kappa shape index (κ3) is 3.32. The molecule has 0 unspecified atom stereocenters. The van der Waals surface area contributed by atoms with Gasteiger partial charge in [0.2, 0.25) is 0 Å². The van der Waals surface area contributed by atoms with Gasteiger partial charge in [-0.1, -0.05) is 37.1 Å². The molecule has 18 heavy (non-hydrogen) atoms. The number of unbranched alkanes of at least 4 members (excludes halogenated alkanes) is 1. The molecule has 0 heterocycles. The molecule has 1 aliphatic rings. The summed E-state index contributed by atoms with van der Waals surface area (Å²) < 4.78 is 0. The zero-order chi connectivity index (χ0) is 12.8. The van der Waals surface area contributed by atoms with Gasteiger partial charge in [-0.15, -0.1) is 0 Å². The third-order valence-corrected chi connectivity index (χ3v) is 3.63. The summed E-state index contributed by atoms with van der Waals surface area (Å²) >= 11 is 0. The number of benzene rings is 1. The molecule has 0 saturated carbocycles. The lowest BCUT2D eigenvalue weighted by atomic mass is 10.0. The molecule has 0 aliphatic heterocycles. The fourth-order valence-electron chi connectivity index (χ4n) is 2.56. The predicted molar refractivity (Wildman–Crippen MR) is 79.6 cm³/mol. The molecule has 1 aromatic rings. The van der Waals surface area contributed by atoms with E-state index in [9.17, 15) is 0 Å². The molecule has 0 bridgehead atoms. The Balaban J connectivity index is 2.25. The Morgan fingerprint density at radius 2 is 1.94 bits per heavy atom. The van der Waals surface area contributed by atoms with Crippen LogP contribution in [0.5, 0.6) is 0 Å². The van der Waals surface area contributed by atoms with E-state index < -0.39 is 0 Å². The average Bonchev–Trinajstić information content (AvgIpc) is 2.82. The molecule has 0 atom stereocenters. The van der Waals surface area contributed by atoms with E-state index in [4.69, 9.17) is 4.99 Å². The van der Waals surface area contributed by atoms with E-state index >= 15 is 0 Å². The molecular weight excluding hydrogens is 218 g/mol. The molecule has 1 heteroatoms. The number of allylic oxidation sites excluding steroid dienone is 2. The molecule has 0 saturated heterocycles. The standard InChI is InChI=1S/C17H23N/c1-3-4-13-17(16-12-8-9-14(16)2)18-15-10-6-5-7-11-15/h5-7,10-11H,3-4,8-9,12-13H2,1-2H3. The summed E-state index contributed by atoms with van der Waals surface area (Å²) in [5.41, 5.74) is 5.52. The van der Waals surface area contributed by atoms with Crippen LogP contribution in [0.1, 0.15) is 52.4 Å². The van der Waals surface area contributed by atoms with Gasteiger partial charge in [0, 0.05) is 5.71 Å². The smallest absolute Gasteiger partial charge is 0.0633 e. The first-order valence-corrected chi connectivity index (χ1v) is 7.13. The van der Waals surface area contributed by atoms with E-state index in [-0.39, 0.29) is 0 Å². The molecule has 0 spiro atoms. The van der Waals surface area contributed by atoms with E-state index in [1.807, 2.05) is 6.07 Å². The highest BCUT2D eigenvalue weighted by atomic mass is 14.7. The van der Waals surface area contributed by atoms with Crippen molar-refractivity contribution in [3.05, 3.63) is 41.5 Å². The summed E-state index contributed by atoms with van der Waals surface area (Å²) in [6.45, 7) is 4.52. The second kappa shape index (κ2) is 6.53. The van der Waals surface area contributed by atoms with Crippen LogP contribution in [0.2, 0.25) is 0 Å². The summed E-state index contributed by atoms with van der Waals surface area (Å²) in [4.78, 5) is 4.89. The number of rotatable bonds is 5. The molecule has 96 valence electrons. The van der Waals surface area contributed by atoms with Crippen molar-refractivity contribution in [1.82, 2.24) is 0 Å². The van der Waals surface area contributed by atoms with Crippen molar-refractivity contribution in [3.63, 3.8) is 0 Å². The van der Waals surface area contributed by atoms with Crippen molar-refractivity contribution in [2.24, 2.45) is 4.99 Å². The topological polar surface area (TPSA) is 12.4 Å². The first kappa shape index (κ1) is 13.1. The van der Waals surface area contributed by atoms with Crippen molar-refractivity contribution in [2.75, 3.05) is 0 Å². The van der Waals surface area contributed by atoms with Crippen LogP contribution in [0.25, 0.3) is 0 Å². The average molecular weight is 241 g/mol. The van der Waals surface area contributed by atoms with E-state index in [1.54, 1.807) is 5.57 Å². The Labute approximate surface area is 111 Å². The third-order valence-electron chi connectivity index (χ3n) is 3.63. The largest absolute Gasteiger partial charge is 0.253 e. The minimum Gasteiger partial charge on any atom is -0.253 e. The molecule has 1 nitrogen and oxygen atoms in total. The number of para-hydroxylation sites is 1. The van der Waals surface area contributed by atoms with Gasteiger partial charge in [0.25, 0.3) is 0 Å². The SMILES string of the molecule is CCCCC(=Nc1ccccc1)C1=C(C)CCC1. The van der Waals surface area contributed by atoms with Crippen LogP contribution in [0.15, 0.2) is 46.5 Å². The van der Waals surface area contributed by atoms with Crippen molar-refractivity contribution in [3.8, 4) is 0 Å². The summed E-state index contributed by atoms with van der Waals surface area (Å²) in [7, 11) is 0. The number of hydrogen-bond acceptors (Lipinski definition) is 1. The fraction of sp³-hybridized carbons (Fsp3) is 0.471. The van der Waals surface area contributed by atoms with Gasteiger partial charge in [-0.3, -0.25) is 4.99 Å². The highest BCUT2D eigenvalue weighted by molar-refractivity contribution is 6.02. The van der Waals surface area contributed by atoms with Gasteiger partial charge in [-0.2, -0.15) is 0 Å². The zero-order valence-corrected chi connectivity index (χ0v) is 11.6. The van der Waals surface area contributed by atoms with Gasteiger partial charge in [0.05, 0.1) is 5.69 Å². The Bertz CT molecular complexity index is 440. The highest BCUT2D eigenvalue weighted by Crippen LogP contribution is 2.29. The second-order valence-electron chi connectivity index (χ2n) is 5.11. The van der Waals surface area contributed by atoms with E-state index in [0.29, 0.717) is 0 Å². The second-order valence-corrected chi connectivity index (χ2v) is 5.11. The lowest BCUT2D eigenvalue weighted by Gasteiger charge is -2.09. The fourth-order valence-corrected chi connectivity index (χ4v) is 2.56. The Hall–Kier alpha value is -1.37. The Morgan fingerprint density at radius 3 is 2.56 bits per heavy atom. The summed E-state index contributed by atoms with van der Waals surface area (Å²) in [6.07, 6.45) is 7.39. The van der Waals surface area contributed by atoms with Crippen molar-refractivity contribution >= 4 is 11.4 Å². The molecule has 2 rings (SSSR count). The number of nitrogens with zero attached hydrogens (tertiary/aromatic N) is 1. The predicted octanol–water partition coefficient (Wildman–Crippen LogP) is 5.45. The molecule has 0 N–H and O–H groups in total. The number of hydrogen-bond donors (Lipinski definition) is 0. The van der Waals surface area contributed by atoms with Gasteiger partial charge >= 0.3 is 0 Å². The van der Waals surface area contributed by atoms with Gasteiger partial charge in [0.1, 0.15) is 0 Å². The quantitative estimate of drug-likeness (QED) is 0.608. The molecular formula is C17H23N. The molecule has 1 aliphatic carbocycles. The zero-order valence-electron chi connectivity index (χ0n) is 11.6. The monoisotopic (exact) mass is 241 g/mol. The van der Waals surface area contributed by atoms with Crippen LogP contribution >= 0.6 is 0 Å². The van der Waals surface area contributed by atoms with Crippen LogP contribution in [0.4, 0.5) is 5.69 Å². The first-order valence-electron chi connectivity index (χ1n) is 7.13. The Morgan fingerprint density at radius 1 is 1.17 bits per heavy atom. The summed E-state index contributed by atoms with van der Waals surface area (Å²) in [6, 6.07) is 10.4. The van der Waals surface area contributed by atoms with Crippen LogP contribution in [0.3, 0.4) is 0 Å². The maximum atomic E-state index is 4.89. The summed E-state index contributed by atoms with van der Waals surface area (Å²) in [5.74, 6) is 0. The highest BCUT2D eigenvalue weighted by Gasteiger charge is 2.15. The molecule has 0 amide bonds. The molecule has 1 aromatic carbocycles. The maximum Gasteiger partial charge on any atom is 0.0633 e.